The Morgan fingerprint density at radius 1 is 1.07 bits per heavy atom. The highest BCUT2D eigenvalue weighted by Crippen LogP contribution is 2.23. The number of carbonyl (C=O) groups excluding carboxylic acids is 1. The van der Waals surface area contributed by atoms with Crippen LogP contribution in [0, 0.1) is 0 Å². The first-order valence-electron chi connectivity index (χ1n) is 9.54. The smallest absolute Gasteiger partial charge is 0.240 e. The van der Waals surface area contributed by atoms with Crippen LogP contribution in [0.5, 0.6) is 5.75 Å². The van der Waals surface area contributed by atoms with Gasteiger partial charge in [0.25, 0.3) is 0 Å². The van der Waals surface area contributed by atoms with Crippen LogP contribution in [0.4, 0.5) is 11.4 Å². The summed E-state index contributed by atoms with van der Waals surface area (Å²) < 4.78 is 30.9. The van der Waals surface area contributed by atoms with Crippen molar-refractivity contribution in [3.05, 3.63) is 54.6 Å². The number of amides is 1. The predicted octanol–water partition coefficient (Wildman–Crippen LogP) is 2.49. The molecule has 0 atom stereocenters. The quantitative estimate of drug-likeness (QED) is 0.566. The Kier molecular flexibility index (Phi) is 8.33. The van der Waals surface area contributed by atoms with Crippen LogP contribution >= 0.6 is 0 Å². The van der Waals surface area contributed by atoms with Gasteiger partial charge in [-0.3, -0.25) is 9.10 Å². The minimum Gasteiger partial charge on any atom is -0.494 e. The van der Waals surface area contributed by atoms with Crippen LogP contribution in [0.1, 0.15) is 13.3 Å². The SMILES string of the molecule is CCOc1cccc(N(CC(=O)NCCCN(C)c2ccccc2)S(C)(=O)=O)c1. The molecule has 2 aromatic rings. The van der Waals surface area contributed by atoms with E-state index in [1.165, 1.54) is 0 Å². The average Bonchev–Trinajstić information content (AvgIpc) is 2.69. The van der Waals surface area contributed by atoms with Crippen molar-refractivity contribution < 1.29 is 17.9 Å². The molecule has 2 aromatic carbocycles. The summed E-state index contributed by atoms with van der Waals surface area (Å²) in [4.78, 5) is 14.4. The van der Waals surface area contributed by atoms with Gasteiger partial charge in [-0.1, -0.05) is 24.3 Å². The van der Waals surface area contributed by atoms with Crippen molar-refractivity contribution in [3.8, 4) is 5.75 Å². The van der Waals surface area contributed by atoms with E-state index >= 15 is 0 Å². The summed E-state index contributed by atoms with van der Waals surface area (Å²) in [5.41, 5.74) is 1.51. The fourth-order valence-corrected chi connectivity index (χ4v) is 3.69. The maximum Gasteiger partial charge on any atom is 0.240 e. The van der Waals surface area contributed by atoms with Crippen molar-refractivity contribution in [2.45, 2.75) is 13.3 Å². The van der Waals surface area contributed by atoms with E-state index in [0.717, 1.165) is 29.2 Å². The molecule has 0 spiro atoms. The lowest BCUT2D eigenvalue weighted by Crippen LogP contribution is -2.41. The van der Waals surface area contributed by atoms with Gasteiger partial charge in [0, 0.05) is 31.9 Å². The molecule has 0 saturated heterocycles. The van der Waals surface area contributed by atoms with Gasteiger partial charge in [0.2, 0.25) is 15.9 Å². The molecule has 1 amide bonds. The van der Waals surface area contributed by atoms with Crippen molar-refractivity contribution in [2.24, 2.45) is 0 Å². The van der Waals surface area contributed by atoms with Crippen molar-refractivity contribution in [1.82, 2.24) is 5.32 Å². The van der Waals surface area contributed by atoms with Gasteiger partial charge in [-0.25, -0.2) is 8.42 Å². The first-order valence-corrected chi connectivity index (χ1v) is 11.4. The van der Waals surface area contributed by atoms with Gasteiger partial charge in [0.05, 0.1) is 18.6 Å². The van der Waals surface area contributed by atoms with Crippen molar-refractivity contribution >= 4 is 27.3 Å². The van der Waals surface area contributed by atoms with Gasteiger partial charge in [-0.15, -0.1) is 0 Å². The van der Waals surface area contributed by atoms with Crippen molar-refractivity contribution in [2.75, 3.05) is 48.7 Å². The molecule has 0 heterocycles. The summed E-state index contributed by atoms with van der Waals surface area (Å²) in [5.74, 6) is 0.211. The minimum atomic E-state index is -3.62. The number of hydrogen-bond donors (Lipinski definition) is 1. The lowest BCUT2D eigenvalue weighted by atomic mass is 10.3. The van der Waals surface area contributed by atoms with Crippen molar-refractivity contribution in [3.63, 3.8) is 0 Å². The lowest BCUT2D eigenvalue weighted by molar-refractivity contribution is -0.119. The van der Waals surface area contributed by atoms with Crippen LogP contribution < -0.4 is 19.3 Å². The molecule has 0 aliphatic rings. The lowest BCUT2D eigenvalue weighted by Gasteiger charge is -2.23. The zero-order valence-corrected chi connectivity index (χ0v) is 18.0. The van der Waals surface area contributed by atoms with Crippen LogP contribution in [-0.4, -0.2) is 53.9 Å². The number of rotatable bonds is 11. The third kappa shape index (κ3) is 7.30. The van der Waals surface area contributed by atoms with E-state index in [0.29, 0.717) is 24.6 Å². The van der Waals surface area contributed by atoms with Crippen LogP contribution in [0.25, 0.3) is 0 Å². The van der Waals surface area contributed by atoms with E-state index in [2.05, 4.69) is 10.2 Å². The number of ether oxygens (including phenoxy) is 1. The number of nitrogens with zero attached hydrogens (tertiary/aromatic N) is 2. The molecule has 158 valence electrons. The molecular weight excluding hydrogens is 390 g/mol. The van der Waals surface area contributed by atoms with Crippen molar-refractivity contribution in [1.29, 1.82) is 0 Å². The molecule has 0 aliphatic carbocycles. The standard InChI is InChI=1S/C21H29N3O4S/c1-4-28-20-13-8-12-19(16-20)24(29(3,26)27)17-21(25)22-14-9-15-23(2)18-10-6-5-7-11-18/h5-8,10-13,16H,4,9,14-15,17H2,1-3H3,(H,22,25). The van der Waals surface area contributed by atoms with Crippen LogP contribution in [0.2, 0.25) is 0 Å². The molecule has 0 unspecified atom stereocenters. The van der Waals surface area contributed by atoms with Gasteiger partial charge >= 0.3 is 0 Å². The van der Waals surface area contributed by atoms with E-state index < -0.39 is 10.0 Å². The van der Waals surface area contributed by atoms with E-state index in [1.54, 1.807) is 24.3 Å². The van der Waals surface area contributed by atoms with Gasteiger partial charge in [-0.2, -0.15) is 0 Å². The number of benzene rings is 2. The molecule has 8 heteroatoms. The summed E-state index contributed by atoms with van der Waals surface area (Å²) in [6.07, 6.45) is 1.83. The summed E-state index contributed by atoms with van der Waals surface area (Å²) >= 11 is 0. The molecule has 0 aliphatic heterocycles. The summed E-state index contributed by atoms with van der Waals surface area (Å²) in [6.45, 7) is 3.29. The van der Waals surface area contributed by atoms with Gasteiger partial charge in [0.1, 0.15) is 12.3 Å². The van der Waals surface area contributed by atoms with Crippen LogP contribution in [0.3, 0.4) is 0 Å². The number of nitrogens with one attached hydrogen (secondary N) is 1. The second-order valence-corrected chi connectivity index (χ2v) is 8.57. The molecule has 0 fully saturated rings. The van der Waals surface area contributed by atoms with E-state index in [-0.39, 0.29) is 12.5 Å². The van der Waals surface area contributed by atoms with Gasteiger partial charge in [0.15, 0.2) is 0 Å². The molecule has 0 radical (unpaired) electrons. The van der Waals surface area contributed by atoms with Crippen LogP contribution in [0.15, 0.2) is 54.6 Å². The highest BCUT2D eigenvalue weighted by Gasteiger charge is 2.21. The summed E-state index contributed by atoms with van der Waals surface area (Å²) in [6, 6.07) is 16.7. The Morgan fingerprint density at radius 3 is 2.41 bits per heavy atom. The molecule has 0 bridgehead atoms. The number of para-hydroxylation sites is 1. The average molecular weight is 420 g/mol. The first kappa shape index (κ1) is 22.5. The Balaban J connectivity index is 1.89. The highest BCUT2D eigenvalue weighted by molar-refractivity contribution is 7.92. The molecular formula is C21H29N3O4S. The fourth-order valence-electron chi connectivity index (χ4n) is 2.84. The van der Waals surface area contributed by atoms with Gasteiger partial charge < -0.3 is 15.0 Å². The predicted molar refractivity (Wildman–Crippen MR) is 117 cm³/mol. The largest absolute Gasteiger partial charge is 0.494 e. The van der Waals surface area contributed by atoms with Crippen LogP contribution in [-0.2, 0) is 14.8 Å². The topological polar surface area (TPSA) is 79.0 Å². The first-order chi connectivity index (χ1) is 13.8. The maximum absolute atomic E-state index is 12.3. The number of sulfonamides is 1. The summed E-state index contributed by atoms with van der Waals surface area (Å²) in [5, 5.41) is 2.80. The van der Waals surface area contributed by atoms with E-state index in [9.17, 15) is 13.2 Å². The number of hydrogen-bond acceptors (Lipinski definition) is 5. The zero-order chi connectivity index (χ0) is 21.3. The van der Waals surface area contributed by atoms with E-state index in [4.69, 9.17) is 4.74 Å². The minimum absolute atomic E-state index is 0.275. The van der Waals surface area contributed by atoms with Gasteiger partial charge in [-0.05, 0) is 37.6 Å². The van der Waals surface area contributed by atoms with E-state index in [1.807, 2.05) is 44.3 Å². The molecule has 0 saturated carbocycles. The Bertz CT molecular complexity index is 888. The number of carbonyl (C=O) groups is 1. The molecule has 1 N–H and O–H groups in total. The third-order valence-electron chi connectivity index (χ3n) is 4.29. The number of anilines is 2. The monoisotopic (exact) mass is 419 g/mol. The highest BCUT2D eigenvalue weighted by atomic mass is 32.2. The molecule has 0 aromatic heterocycles. The Morgan fingerprint density at radius 2 is 1.76 bits per heavy atom. The molecule has 29 heavy (non-hydrogen) atoms. The zero-order valence-electron chi connectivity index (χ0n) is 17.2. The third-order valence-corrected chi connectivity index (χ3v) is 5.43. The fraction of sp³-hybridized carbons (Fsp3) is 0.381. The Hall–Kier alpha value is -2.74. The summed E-state index contributed by atoms with van der Waals surface area (Å²) in [7, 11) is -1.62. The normalized spacial score (nSPS) is 11.0. The molecule has 2 rings (SSSR count). The second-order valence-electron chi connectivity index (χ2n) is 6.66. The maximum atomic E-state index is 12.3. The second kappa shape index (κ2) is 10.7. The Labute approximate surface area is 173 Å². The molecule has 7 nitrogen and oxygen atoms in total.